The highest BCUT2D eigenvalue weighted by Crippen LogP contribution is 1.89. The van der Waals surface area contributed by atoms with E-state index in [0.717, 1.165) is 6.92 Å². The summed E-state index contributed by atoms with van der Waals surface area (Å²) in [5.41, 5.74) is 5.48. The van der Waals surface area contributed by atoms with Crippen LogP contribution in [0.3, 0.4) is 0 Å². The smallest absolute Gasteiger partial charge is 0.333 e. The number of carbonyl (C=O) groups excluding carboxylic acids is 1. The number of hydrogen-bond acceptors (Lipinski definition) is 4. The lowest BCUT2D eigenvalue weighted by atomic mass is 10.4. The molecule has 0 aromatic carbocycles. The van der Waals surface area contributed by atoms with Gasteiger partial charge in [-0.05, 0) is 6.92 Å². The van der Waals surface area contributed by atoms with Crippen LogP contribution in [0, 0.1) is 0 Å². The van der Waals surface area contributed by atoms with Crippen molar-refractivity contribution in [1.29, 1.82) is 0 Å². The molecule has 0 radical (unpaired) electrons. The molecule has 0 unspecified atom stereocenters. The van der Waals surface area contributed by atoms with Crippen LogP contribution in [0.4, 0.5) is 0 Å². The minimum absolute atomic E-state index is 0.270. The first-order valence-electron chi connectivity index (χ1n) is 3.64. The van der Waals surface area contributed by atoms with Gasteiger partial charge in [0.05, 0.1) is 0 Å². The fraction of sp³-hybridized carbons (Fsp3) is 0.500. The van der Waals surface area contributed by atoms with Gasteiger partial charge in [-0.15, -0.1) is 0 Å². The van der Waals surface area contributed by atoms with Crippen LogP contribution in [0.25, 0.3) is 0 Å². The maximum absolute atomic E-state index is 10.5. The van der Waals surface area contributed by atoms with E-state index < -0.39 is 5.97 Å². The lowest BCUT2D eigenvalue weighted by molar-refractivity contribution is -0.138. The average Bonchev–Trinajstić information content (AvgIpc) is 1.98. The van der Waals surface area contributed by atoms with Crippen molar-refractivity contribution in [2.75, 3.05) is 13.2 Å². The summed E-state index contributed by atoms with van der Waals surface area (Å²) in [6.07, 6.45) is 0. The van der Waals surface area contributed by atoms with Gasteiger partial charge in [-0.3, -0.25) is 4.79 Å². The minimum Gasteiger partial charge on any atom is -0.481 e. The molecule has 76 valence electrons. The summed E-state index contributed by atoms with van der Waals surface area (Å²) in [5.74, 6) is -1.21. The lowest BCUT2D eigenvalue weighted by Crippen LogP contribution is -2.13. The Morgan fingerprint density at radius 1 is 1.46 bits per heavy atom. The zero-order valence-electron chi connectivity index (χ0n) is 7.87. The molecular weight excluding hydrogens is 174 g/mol. The van der Waals surface area contributed by atoms with E-state index in [2.05, 4.69) is 11.3 Å². The topological polar surface area (TPSA) is 89.6 Å². The molecule has 0 spiro atoms. The molecule has 0 saturated heterocycles. The van der Waals surface area contributed by atoms with Crippen LogP contribution in [0.5, 0.6) is 0 Å². The Kier molecular flexibility index (Phi) is 9.53. The summed E-state index contributed by atoms with van der Waals surface area (Å²) in [4.78, 5) is 19.5. The van der Waals surface area contributed by atoms with Crippen molar-refractivity contribution < 1.29 is 19.4 Å². The van der Waals surface area contributed by atoms with Gasteiger partial charge in [0.1, 0.15) is 6.61 Å². The number of carbonyl (C=O) groups is 2. The fourth-order valence-corrected chi connectivity index (χ4v) is 0.275. The molecular formula is C8H15NO4. The Hall–Kier alpha value is -1.36. The maximum atomic E-state index is 10.5. The molecule has 0 fully saturated rings. The van der Waals surface area contributed by atoms with Crippen LogP contribution in [-0.4, -0.2) is 30.2 Å². The van der Waals surface area contributed by atoms with Crippen LogP contribution in [-0.2, 0) is 14.3 Å². The largest absolute Gasteiger partial charge is 0.481 e. The minimum atomic E-state index is -0.833. The quantitative estimate of drug-likeness (QED) is 0.487. The first kappa shape index (κ1) is 14.2. The van der Waals surface area contributed by atoms with E-state index in [9.17, 15) is 4.79 Å². The average molecular weight is 189 g/mol. The predicted octanol–water partition coefficient (Wildman–Crippen LogP) is 0.155. The van der Waals surface area contributed by atoms with Crippen LogP contribution < -0.4 is 5.73 Å². The highest BCUT2D eigenvalue weighted by Gasteiger charge is 1.99. The second-order valence-electron chi connectivity index (χ2n) is 2.22. The maximum Gasteiger partial charge on any atom is 0.333 e. The van der Waals surface area contributed by atoms with E-state index in [1.165, 1.54) is 0 Å². The number of aliphatic carboxylic acids is 1. The molecule has 0 bridgehead atoms. The van der Waals surface area contributed by atoms with E-state index >= 15 is 0 Å². The number of rotatable bonds is 3. The molecule has 13 heavy (non-hydrogen) atoms. The van der Waals surface area contributed by atoms with Gasteiger partial charge in [-0.2, -0.15) is 0 Å². The monoisotopic (exact) mass is 189 g/mol. The number of hydrogen-bond donors (Lipinski definition) is 2. The Morgan fingerprint density at radius 2 is 1.85 bits per heavy atom. The summed E-state index contributed by atoms with van der Waals surface area (Å²) < 4.78 is 4.59. The third-order valence-electron chi connectivity index (χ3n) is 0.699. The zero-order chi connectivity index (χ0) is 10.9. The highest BCUT2D eigenvalue weighted by molar-refractivity contribution is 5.86. The van der Waals surface area contributed by atoms with Crippen LogP contribution in [0.15, 0.2) is 12.2 Å². The summed E-state index contributed by atoms with van der Waals surface area (Å²) >= 11 is 0. The molecule has 0 atom stereocenters. The van der Waals surface area contributed by atoms with Gasteiger partial charge < -0.3 is 15.6 Å². The Bertz CT molecular complexity index is 185. The van der Waals surface area contributed by atoms with Crippen molar-refractivity contribution in [3.63, 3.8) is 0 Å². The Morgan fingerprint density at radius 3 is 2.08 bits per heavy atom. The molecule has 0 saturated carbocycles. The van der Waals surface area contributed by atoms with Crippen molar-refractivity contribution in [2.24, 2.45) is 5.73 Å². The van der Waals surface area contributed by atoms with E-state index in [4.69, 9.17) is 15.6 Å². The summed E-state index contributed by atoms with van der Waals surface area (Å²) in [6, 6.07) is 0. The number of esters is 1. The molecule has 0 aliphatic rings. The molecule has 0 aromatic heterocycles. The van der Waals surface area contributed by atoms with Gasteiger partial charge in [-0.25, -0.2) is 4.79 Å². The van der Waals surface area contributed by atoms with Crippen molar-refractivity contribution >= 4 is 11.9 Å². The Labute approximate surface area is 77.2 Å². The van der Waals surface area contributed by atoms with Gasteiger partial charge in [0, 0.05) is 19.0 Å². The van der Waals surface area contributed by atoms with Gasteiger partial charge >= 0.3 is 5.97 Å². The van der Waals surface area contributed by atoms with Crippen molar-refractivity contribution in [2.45, 2.75) is 13.8 Å². The van der Waals surface area contributed by atoms with E-state index in [-0.39, 0.29) is 12.6 Å². The Balaban J connectivity index is 0. The summed E-state index contributed by atoms with van der Waals surface area (Å²) in [7, 11) is 0. The van der Waals surface area contributed by atoms with Crippen molar-refractivity contribution in [3.8, 4) is 0 Å². The SMILES string of the molecule is C=C(C)C(=O)OCCN.CC(=O)O. The van der Waals surface area contributed by atoms with Crippen molar-refractivity contribution in [1.82, 2.24) is 0 Å². The second-order valence-corrected chi connectivity index (χ2v) is 2.22. The molecule has 0 aliphatic heterocycles. The van der Waals surface area contributed by atoms with E-state index in [1.54, 1.807) is 6.92 Å². The van der Waals surface area contributed by atoms with Gasteiger partial charge in [0.15, 0.2) is 0 Å². The number of carboxylic acids is 1. The first-order chi connectivity index (χ1) is 5.91. The molecule has 5 nitrogen and oxygen atoms in total. The fourth-order valence-electron chi connectivity index (χ4n) is 0.275. The molecule has 0 aliphatic carbocycles. The van der Waals surface area contributed by atoms with Crippen LogP contribution in [0.2, 0.25) is 0 Å². The molecule has 5 heteroatoms. The predicted molar refractivity (Wildman–Crippen MR) is 48.1 cm³/mol. The van der Waals surface area contributed by atoms with Gasteiger partial charge in [0.25, 0.3) is 5.97 Å². The normalized spacial score (nSPS) is 7.92. The van der Waals surface area contributed by atoms with Crippen molar-refractivity contribution in [3.05, 3.63) is 12.2 Å². The molecule has 0 aromatic rings. The molecule has 0 heterocycles. The summed E-state index contributed by atoms with van der Waals surface area (Å²) in [5, 5.41) is 7.42. The summed E-state index contributed by atoms with van der Waals surface area (Å²) in [6.45, 7) is 6.70. The molecule has 3 N–H and O–H groups in total. The van der Waals surface area contributed by atoms with Crippen LogP contribution >= 0.6 is 0 Å². The molecule has 0 amide bonds. The van der Waals surface area contributed by atoms with Gasteiger partial charge in [0.2, 0.25) is 0 Å². The van der Waals surface area contributed by atoms with Crippen LogP contribution in [0.1, 0.15) is 13.8 Å². The highest BCUT2D eigenvalue weighted by atomic mass is 16.5. The third-order valence-corrected chi connectivity index (χ3v) is 0.699. The zero-order valence-corrected chi connectivity index (χ0v) is 7.87. The molecule has 0 rings (SSSR count). The third kappa shape index (κ3) is 18.0. The van der Waals surface area contributed by atoms with Gasteiger partial charge in [-0.1, -0.05) is 6.58 Å². The first-order valence-corrected chi connectivity index (χ1v) is 3.64. The number of nitrogens with two attached hydrogens (primary N) is 1. The van der Waals surface area contributed by atoms with E-state index in [1.807, 2.05) is 0 Å². The number of carboxylic acid groups (broad SMARTS) is 1. The number of ether oxygens (including phenoxy) is 1. The van der Waals surface area contributed by atoms with E-state index in [0.29, 0.717) is 12.1 Å². The standard InChI is InChI=1S/C6H11NO2.C2H4O2/c1-5(2)6(8)9-4-3-7;1-2(3)4/h1,3-4,7H2,2H3;1H3,(H,3,4). The second kappa shape index (κ2) is 8.73. The lowest BCUT2D eigenvalue weighted by Gasteiger charge is -1.99.